The molecule has 0 bridgehead atoms. The third-order valence-electron chi connectivity index (χ3n) is 3.78. The van der Waals surface area contributed by atoms with E-state index in [1.807, 2.05) is 13.8 Å². The highest BCUT2D eigenvalue weighted by Gasteiger charge is 2.27. The molecular weight excluding hydrogens is 450 g/mol. The number of rotatable bonds is 5. The maximum absolute atomic E-state index is 12.5. The third-order valence-corrected chi connectivity index (χ3v) is 5.16. The van der Waals surface area contributed by atoms with E-state index >= 15 is 0 Å². The first-order chi connectivity index (χ1) is 13.1. The monoisotopic (exact) mass is 469 g/mol. The summed E-state index contributed by atoms with van der Waals surface area (Å²) < 4.78 is 32.1. The number of ether oxygens (including phenoxy) is 1. The quantitative estimate of drug-likeness (QED) is 0.423. The third kappa shape index (κ3) is 4.73. The van der Waals surface area contributed by atoms with E-state index in [4.69, 9.17) is 10.5 Å². The number of nitrogens with zero attached hydrogens (tertiary/aromatic N) is 2. The fourth-order valence-electron chi connectivity index (χ4n) is 2.57. The van der Waals surface area contributed by atoms with Gasteiger partial charge in [0.05, 0.1) is 16.8 Å². The molecule has 11 heteroatoms. The van der Waals surface area contributed by atoms with Gasteiger partial charge in [0, 0.05) is 11.8 Å². The molecule has 0 saturated heterocycles. The Hall–Kier alpha value is -2.34. The lowest BCUT2D eigenvalue weighted by Crippen LogP contribution is -2.48. The number of carbonyl (C=O) groups excluding carboxylic acids is 1. The van der Waals surface area contributed by atoms with Gasteiger partial charge in [-0.05, 0) is 65.0 Å². The Bertz CT molecular complexity index is 951. The van der Waals surface area contributed by atoms with Gasteiger partial charge in [0.1, 0.15) is 17.0 Å². The molecule has 6 N–H and O–H groups in total. The fraction of sp³-hybridized carbons (Fsp3) is 0.235. The normalized spacial score (nSPS) is 16.2. The van der Waals surface area contributed by atoms with Gasteiger partial charge in [0.25, 0.3) is 5.91 Å². The molecule has 2 aromatic rings. The average molecular weight is 470 g/mol. The van der Waals surface area contributed by atoms with E-state index in [-0.39, 0.29) is 18.3 Å². The Kier molecular flexibility index (Phi) is 5.53. The summed E-state index contributed by atoms with van der Waals surface area (Å²) >= 11 is 3.24. The molecule has 1 aliphatic heterocycles. The maximum Gasteiger partial charge on any atom is 0.251 e. The molecule has 0 radical (unpaired) electrons. The van der Waals surface area contributed by atoms with Crippen molar-refractivity contribution in [3.05, 3.63) is 52.3 Å². The van der Waals surface area contributed by atoms with Crippen LogP contribution in [-0.4, -0.2) is 38.0 Å². The molecule has 0 fully saturated rings. The van der Waals surface area contributed by atoms with Crippen LogP contribution in [0.4, 0.5) is 5.69 Å². The Morgan fingerprint density at radius 3 is 2.86 bits per heavy atom. The molecule has 2 heterocycles. The van der Waals surface area contributed by atoms with E-state index in [1.165, 1.54) is 6.20 Å². The highest BCUT2D eigenvalue weighted by atomic mass is 79.9. The van der Waals surface area contributed by atoms with Crippen molar-refractivity contribution in [3.63, 3.8) is 0 Å². The number of amides is 1. The number of fused-ring (bicyclic) bond motifs is 1. The number of carbonyl (C=O) groups is 1. The Balaban J connectivity index is 1.73. The number of nitrogens with one attached hydrogen (secondary N) is 2. The zero-order valence-corrected chi connectivity index (χ0v) is 17.5. The van der Waals surface area contributed by atoms with E-state index in [0.29, 0.717) is 27.2 Å². The van der Waals surface area contributed by atoms with Crippen LogP contribution >= 0.6 is 26.9 Å². The SMILES string of the molecule is CC(C)(COc1cccc2c1C(N)=NS(O)(O)N2)NC(=O)c1ccnc(Br)c1. The van der Waals surface area contributed by atoms with Crippen LogP contribution in [0, 0.1) is 0 Å². The lowest BCUT2D eigenvalue weighted by Gasteiger charge is -2.34. The van der Waals surface area contributed by atoms with Gasteiger partial charge in [-0.1, -0.05) is 6.07 Å². The molecule has 1 aliphatic rings. The molecule has 1 aromatic heterocycles. The molecule has 0 saturated carbocycles. The van der Waals surface area contributed by atoms with Gasteiger partial charge in [0.15, 0.2) is 5.84 Å². The summed E-state index contributed by atoms with van der Waals surface area (Å²) in [6, 6.07) is 8.27. The van der Waals surface area contributed by atoms with Crippen LogP contribution in [0.3, 0.4) is 0 Å². The van der Waals surface area contributed by atoms with Gasteiger partial charge in [-0.3, -0.25) is 18.6 Å². The van der Waals surface area contributed by atoms with E-state index in [2.05, 4.69) is 35.4 Å². The Morgan fingerprint density at radius 1 is 1.39 bits per heavy atom. The second-order valence-electron chi connectivity index (χ2n) is 6.77. The van der Waals surface area contributed by atoms with Crippen LogP contribution < -0.4 is 20.5 Å². The summed E-state index contributed by atoms with van der Waals surface area (Å²) in [5, 5.41) is 2.91. The topological polar surface area (TPSA) is 142 Å². The molecule has 1 amide bonds. The number of halogens is 1. The molecular formula is C17H20BrN5O4S. The van der Waals surface area contributed by atoms with Crippen LogP contribution in [0.1, 0.15) is 29.8 Å². The van der Waals surface area contributed by atoms with Crippen LogP contribution in [0.2, 0.25) is 0 Å². The van der Waals surface area contributed by atoms with Gasteiger partial charge >= 0.3 is 0 Å². The zero-order chi connectivity index (χ0) is 20.5. The molecule has 0 atom stereocenters. The van der Waals surface area contributed by atoms with Crippen molar-refractivity contribution in [2.45, 2.75) is 19.4 Å². The fourth-order valence-corrected chi connectivity index (χ4v) is 3.81. The second kappa shape index (κ2) is 7.59. The van der Waals surface area contributed by atoms with Crippen molar-refractivity contribution < 1.29 is 18.6 Å². The number of amidine groups is 1. The Morgan fingerprint density at radius 2 is 2.14 bits per heavy atom. The van der Waals surface area contributed by atoms with E-state index < -0.39 is 16.5 Å². The first kappa shape index (κ1) is 20.4. The summed E-state index contributed by atoms with van der Waals surface area (Å²) in [4.78, 5) is 16.5. The van der Waals surface area contributed by atoms with Crippen LogP contribution in [0.15, 0.2) is 45.5 Å². The van der Waals surface area contributed by atoms with Gasteiger partial charge in [-0.2, -0.15) is 0 Å². The number of anilines is 1. The number of benzene rings is 1. The second-order valence-corrected chi connectivity index (χ2v) is 9.01. The minimum absolute atomic E-state index is 0.0344. The lowest BCUT2D eigenvalue weighted by molar-refractivity contribution is 0.0880. The molecule has 3 rings (SSSR count). The Labute approximate surface area is 172 Å². The van der Waals surface area contributed by atoms with Gasteiger partial charge in [0.2, 0.25) is 0 Å². The molecule has 1 aromatic carbocycles. The largest absolute Gasteiger partial charge is 0.490 e. The van der Waals surface area contributed by atoms with Gasteiger partial charge in [-0.15, -0.1) is 4.40 Å². The highest BCUT2D eigenvalue weighted by molar-refractivity contribution is 9.10. The van der Waals surface area contributed by atoms with Crippen LogP contribution in [-0.2, 0) is 0 Å². The number of pyridine rings is 1. The van der Waals surface area contributed by atoms with E-state index in [1.54, 1.807) is 30.3 Å². The minimum Gasteiger partial charge on any atom is -0.490 e. The molecule has 9 nitrogen and oxygen atoms in total. The highest BCUT2D eigenvalue weighted by Crippen LogP contribution is 2.46. The zero-order valence-electron chi connectivity index (χ0n) is 15.1. The molecule has 0 spiro atoms. The maximum atomic E-state index is 12.5. The molecule has 28 heavy (non-hydrogen) atoms. The first-order valence-electron chi connectivity index (χ1n) is 8.18. The number of nitrogens with two attached hydrogens (primary N) is 1. The molecule has 0 aliphatic carbocycles. The van der Waals surface area contributed by atoms with Crippen molar-refractivity contribution in [1.29, 1.82) is 0 Å². The van der Waals surface area contributed by atoms with Crippen molar-refractivity contribution in [1.82, 2.24) is 10.3 Å². The summed E-state index contributed by atoms with van der Waals surface area (Å²) in [7, 11) is -3.36. The van der Waals surface area contributed by atoms with Crippen molar-refractivity contribution in [2.24, 2.45) is 10.1 Å². The molecule has 0 unspecified atom stereocenters. The number of hydrogen-bond acceptors (Lipinski definition) is 8. The van der Waals surface area contributed by atoms with E-state index in [9.17, 15) is 13.9 Å². The standard InChI is InChI=1S/C17H20BrN5O4S/c1-17(2,21-16(24)10-6-7-20-13(18)8-10)9-27-12-5-3-4-11-14(12)15(19)23-28(25,26)22-11/h3-8,22,25-26H,9H2,1-2H3,(H2,19,23)(H,21,24). The smallest absolute Gasteiger partial charge is 0.251 e. The summed E-state index contributed by atoms with van der Waals surface area (Å²) in [5.74, 6) is 0.117. The predicted molar refractivity (Wildman–Crippen MR) is 113 cm³/mol. The molecule has 150 valence electrons. The average Bonchev–Trinajstić information content (AvgIpc) is 2.58. The summed E-state index contributed by atoms with van der Waals surface area (Å²) in [6.07, 6.45) is 1.54. The number of aromatic nitrogens is 1. The van der Waals surface area contributed by atoms with Crippen molar-refractivity contribution >= 4 is 44.3 Å². The van der Waals surface area contributed by atoms with Gasteiger partial charge < -0.3 is 15.8 Å². The minimum atomic E-state index is -3.36. The van der Waals surface area contributed by atoms with Gasteiger partial charge in [-0.25, -0.2) is 4.98 Å². The van der Waals surface area contributed by atoms with Crippen LogP contribution in [0.5, 0.6) is 5.75 Å². The van der Waals surface area contributed by atoms with Crippen molar-refractivity contribution in [3.8, 4) is 5.75 Å². The lowest BCUT2D eigenvalue weighted by atomic mass is 10.1. The van der Waals surface area contributed by atoms with E-state index in [0.717, 1.165) is 0 Å². The summed E-state index contributed by atoms with van der Waals surface area (Å²) in [6.45, 7) is 3.79. The summed E-state index contributed by atoms with van der Waals surface area (Å²) in [5.41, 5.74) is 6.50. The number of hydrogen-bond donors (Lipinski definition) is 5. The van der Waals surface area contributed by atoms with Crippen molar-refractivity contribution in [2.75, 3.05) is 11.3 Å². The van der Waals surface area contributed by atoms with Crippen LogP contribution in [0.25, 0.3) is 0 Å². The predicted octanol–water partition coefficient (Wildman–Crippen LogP) is 3.14. The first-order valence-corrected chi connectivity index (χ1v) is 10.5.